The summed E-state index contributed by atoms with van der Waals surface area (Å²) >= 11 is 0. The van der Waals surface area contributed by atoms with E-state index in [0.29, 0.717) is 5.56 Å². The second-order valence-corrected chi connectivity index (χ2v) is 5.48. The highest BCUT2D eigenvalue weighted by atomic mass is 32.2. The zero-order chi connectivity index (χ0) is 12.9. The Morgan fingerprint density at radius 2 is 2.00 bits per heavy atom. The average Bonchev–Trinajstić information content (AvgIpc) is 2.28. The topological polar surface area (TPSA) is 60.4 Å². The summed E-state index contributed by atoms with van der Waals surface area (Å²) in [5.41, 5.74) is 0.568. The quantitative estimate of drug-likeness (QED) is 0.767. The molecule has 0 bridgehead atoms. The predicted molar refractivity (Wildman–Crippen MR) is 65.2 cm³/mol. The predicted octanol–water partition coefficient (Wildman–Crippen LogP) is 1.67. The number of rotatable bonds is 4. The van der Waals surface area contributed by atoms with Crippen LogP contribution in [0.5, 0.6) is 0 Å². The third-order valence-corrected chi connectivity index (χ3v) is 3.30. The van der Waals surface area contributed by atoms with E-state index in [4.69, 9.17) is 0 Å². The third kappa shape index (κ3) is 4.03. The van der Waals surface area contributed by atoms with E-state index in [1.807, 2.05) is 0 Å². The number of ether oxygens (including phenoxy) is 1. The van der Waals surface area contributed by atoms with E-state index in [2.05, 4.69) is 4.74 Å². The number of esters is 1. The fourth-order valence-electron chi connectivity index (χ4n) is 1.32. The molecule has 0 saturated heterocycles. The molecule has 0 radical (unpaired) electrons. The lowest BCUT2D eigenvalue weighted by Crippen LogP contribution is -2.00. The highest BCUT2D eigenvalue weighted by molar-refractivity contribution is 7.90. The maximum atomic E-state index is 11.5. The molecule has 92 valence electrons. The van der Waals surface area contributed by atoms with E-state index in [9.17, 15) is 13.2 Å². The van der Waals surface area contributed by atoms with Gasteiger partial charge in [-0.2, -0.15) is 0 Å². The van der Waals surface area contributed by atoms with Crippen molar-refractivity contribution >= 4 is 21.9 Å². The summed E-state index contributed by atoms with van der Waals surface area (Å²) in [7, 11) is -1.95. The van der Waals surface area contributed by atoms with Crippen molar-refractivity contribution in [2.75, 3.05) is 13.4 Å². The molecule has 0 amide bonds. The molecule has 0 aliphatic carbocycles. The minimum absolute atomic E-state index is 0.120. The Balaban J connectivity index is 2.96. The Kier molecular flexibility index (Phi) is 4.45. The SMILES string of the molecule is COC(=O)CC=Cc1ccccc1S(C)(=O)=O. The van der Waals surface area contributed by atoms with Crippen LogP contribution in [0.25, 0.3) is 6.08 Å². The van der Waals surface area contributed by atoms with Gasteiger partial charge in [-0.1, -0.05) is 30.4 Å². The van der Waals surface area contributed by atoms with Gasteiger partial charge in [0.2, 0.25) is 0 Å². The summed E-state index contributed by atoms with van der Waals surface area (Å²) in [6, 6.07) is 6.62. The van der Waals surface area contributed by atoms with E-state index >= 15 is 0 Å². The van der Waals surface area contributed by atoms with Gasteiger partial charge in [-0.15, -0.1) is 0 Å². The Morgan fingerprint density at radius 1 is 1.35 bits per heavy atom. The molecular weight excluding hydrogens is 240 g/mol. The number of sulfone groups is 1. The van der Waals surface area contributed by atoms with Crippen molar-refractivity contribution in [1.29, 1.82) is 0 Å². The standard InChI is InChI=1S/C12H14O4S/c1-16-12(13)9-5-7-10-6-3-4-8-11(10)17(2,14)15/h3-8H,9H2,1-2H3. The molecule has 0 N–H and O–H groups in total. The van der Waals surface area contributed by atoms with Gasteiger partial charge in [-0.25, -0.2) is 8.42 Å². The lowest BCUT2D eigenvalue weighted by Gasteiger charge is -2.02. The van der Waals surface area contributed by atoms with Gasteiger partial charge < -0.3 is 4.74 Å². The Morgan fingerprint density at radius 3 is 2.59 bits per heavy atom. The van der Waals surface area contributed by atoms with Gasteiger partial charge in [-0.05, 0) is 11.6 Å². The van der Waals surface area contributed by atoms with E-state index < -0.39 is 9.84 Å². The number of methoxy groups -OCH3 is 1. The largest absolute Gasteiger partial charge is 0.469 e. The molecule has 17 heavy (non-hydrogen) atoms. The van der Waals surface area contributed by atoms with Crippen LogP contribution in [-0.2, 0) is 19.4 Å². The number of carbonyl (C=O) groups excluding carboxylic acids is 1. The second kappa shape index (κ2) is 5.63. The molecule has 4 nitrogen and oxygen atoms in total. The van der Waals surface area contributed by atoms with Crippen LogP contribution in [0.3, 0.4) is 0 Å². The zero-order valence-electron chi connectivity index (χ0n) is 9.71. The van der Waals surface area contributed by atoms with Crippen molar-refractivity contribution in [3.8, 4) is 0 Å². The van der Waals surface area contributed by atoms with Crippen LogP contribution < -0.4 is 0 Å². The van der Waals surface area contributed by atoms with Gasteiger partial charge in [0.15, 0.2) is 9.84 Å². The van der Waals surface area contributed by atoms with Crippen LogP contribution in [0.15, 0.2) is 35.2 Å². The van der Waals surface area contributed by atoms with Gasteiger partial charge in [0.1, 0.15) is 0 Å². The average molecular weight is 254 g/mol. The number of carbonyl (C=O) groups is 1. The molecule has 1 aromatic carbocycles. The first-order valence-corrected chi connectivity index (χ1v) is 6.86. The molecule has 0 spiro atoms. The molecule has 0 aliphatic heterocycles. The van der Waals surface area contributed by atoms with Crippen molar-refractivity contribution in [2.24, 2.45) is 0 Å². The number of benzene rings is 1. The summed E-state index contributed by atoms with van der Waals surface area (Å²) in [5.74, 6) is -0.363. The van der Waals surface area contributed by atoms with Gasteiger partial charge in [0.25, 0.3) is 0 Å². The fourth-order valence-corrected chi connectivity index (χ4v) is 2.21. The molecule has 0 aromatic heterocycles. The molecule has 1 aromatic rings. The summed E-state index contributed by atoms with van der Waals surface area (Å²) in [4.78, 5) is 11.1. The minimum atomic E-state index is -3.26. The van der Waals surface area contributed by atoms with Gasteiger partial charge in [-0.3, -0.25) is 4.79 Å². The van der Waals surface area contributed by atoms with E-state index in [1.54, 1.807) is 30.4 Å². The van der Waals surface area contributed by atoms with Crippen LogP contribution in [-0.4, -0.2) is 27.8 Å². The normalized spacial score (nSPS) is 11.6. The molecular formula is C12H14O4S. The fraction of sp³-hybridized carbons (Fsp3) is 0.250. The van der Waals surface area contributed by atoms with Crippen molar-refractivity contribution in [3.05, 3.63) is 35.9 Å². The Hall–Kier alpha value is -1.62. The highest BCUT2D eigenvalue weighted by Gasteiger charge is 2.10. The van der Waals surface area contributed by atoms with Crippen molar-refractivity contribution in [2.45, 2.75) is 11.3 Å². The van der Waals surface area contributed by atoms with Crippen LogP contribution >= 0.6 is 0 Å². The molecule has 0 atom stereocenters. The summed E-state index contributed by atoms with van der Waals surface area (Å²) < 4.78 is 27.4. The maximum Gasteiger partial charge on any atom is 0.309 e. The number of hydrogen-bond donors (Lipinski definition) is 0. The van der Waals surface area contributed by atoms with E-state index in [-0.39, 0.29) is 17.3 Å². The lowest BCUT2D eigenvalue weighted by molar-refractivity contribution is -0.139. The zero-order valence-corrected chi connectivity index (χ0v) is 10.5. The molecule has 0 heterocycles. The lowest BCUT2D eigenvalue weighted by atomic mass is 10.2. The van der Waals surface area contributed by atoms with Gasteiger partial charge >= 0.3 is 5.97 Å². The smallest absolute Gasteiger partial charge is 0.309 e. The first-order chi connectivity index (χ1) is 7.95. The molecule has 0 fully saturated rings. The minimum Gasteiger partial charge on any atom is -0.469 e. The van der Waals surface area contributed by atoms with E-state index in [1.165, 1.54) is 13.2 Å². The molecule has 0 saturated carbocycles. The van der Waals surface area contributed by atoms with Crippen LogP contribution in [0.2, 0.25) is 0 Å². The highest BCUT2D eigenvalue weighted by Crippen LogP contribution is 2.16. The van der Waals surface area contributed by atoms with E-state index in [0.717, 1.165) is 6.26 Å². The van der Waals surface area contributed by atoms with Crippen LogP contribution in [0, 0.1) is 0 Å². The summed E-state index contributed by atoms with van der Waals surface area (Å²) in [5, 5.41) is 0. The Bertz CT molecular complexity index is 529. The molecule has 0 aliphatic rings. The second-order valence-electron chi connectivity index (χ2n) is 3.49. The van der Waals surface area contributed by atoms with Gasteiger partial charge in [0.05, 0.1) is 18.4 Å². The summed E-state index contributed by atoms with van der Waals surface area (Å²) in [6.07, 6.45) is 4.46. The van der Waals surface area contributed by atoms with Crippen molar-refractivity contribution < 1.29 is 17.9 Å². The first kappa shape index (κ1) is 13.4. The van der Waals surface area contributed by atoms with Crippen LogP contribution in [0.1, 0.15) is 12.0 Å². The monoisotopic (exact) mass is 254 g/mol. The maximum absolute atomic E-state index is 11.5. The first-order valence-electron chi connectivity index (χ1n) is 4.97. The van der Waals surface area contributed by atoms with Crippen LogP contribution in [0.4, 0.5) is 0 Å². The van der Waals surface area contributed by atoms with Gasteiger partial charge in [0, 0.05) is 6.26 Å². The summed E-state index contributed by atoms with van der Waals surface area (Å²) in [6.45, 7) is 0. The molecule has 0 unspecified atom stereocenters. The Labute approximate surface area is 101 Å². The van der Waals surface area contributed by atoms with Crippen molar-refractivity contribution in [1.82, 2.24) is 0 Å². The molecule has 1 rings (SSSR count). The van der Waals surface area contributed by atoms with Crippen molar-refractivity contribution in [3.63, 3.8) is 0 Å². The third-order valence-electron chi connectivity index (χ3n) is 2.13. The molecule has 5 heteroatoms. The number of hydrogen-bond acceptors (Lipinski definition) is 4.